The highest BCUT2D eigenvalue weighted by Gasteiger charge is 2.40. The van der Waals surface area contributed by atoms with Crippen LogP contribution in [0, 0.1) is 17.3 Å². The fraction of sp³-hybridized carbons (Fsp3) is 0.727. The van der Waals surface area contributed by atoms with Crippen LogP contribution in [0.2, 0.25) is 0 Å². The summed E-state index contributed by atoms with van der Waals surface area (Å²) in [6.45, 7) is 17.5. The van der Waals surface area contributed by atoms with Gasteiger partial charge < -0.3 is 4.48 Å². The Balaban J connectivity index is 2.25. The van der Waals surface area contributed by atoms with Crippen molar-refractivity contribution in [3.8, 4) is 0 Å². The van der Waals surface area contributed by atoms with Crippen LogP contribution in [0.4, 0.5) is 0 Å². The largest absolute Gasteiger partial charge is 0.319 e. The molecule has 3 atom stereocenters. The van der Waals surface area contributed by atoms with Gasteiger partial charge in [-0.05, 0) is 25.2 Å². The van der Waals surface area contributed by atoms with Crippen LogP contribution < -0.4 is 0 Å². The second-order valence-electron chi connectivity index (χ2n) is 9.21. The molecule has 1 aliphatic rings. The van der Waals surface area contributed by atoms with E-state index in [-0.39, 0.29) is 0 Å². The summed E-state index contributed by atoms with van der Waals surface area (Å²) in [7, 11) is 0. The summed E-state index contributed by atoms with van der Waals surface area (Å²) in [5.41, 5.74) is 1.97. The zero-order chi connectivity index (χ0) is 16.9. The van der Waals surface area contributed by atoms with Crippen LogP contribution in [0.3, 0.4) is 0 Å². The van der Waals surface area contributed by atoms with Crippen LogP contribution in [-0.4, -0.2) is 24.1 Å². The molecular formula is C22H38N+. The van der Waals surface area contributed by atoms with Crippen molar-refractivity contribution in [2.45, 2.75) is 66.8 Å². The first-order valence-electron chi connectivity index (χ1n) is 9.73. The van der Waals surface area contributed by atoms with Crippen molar-refractivity contribution in [3.05, 3.63) is 35.9 Å². The SMILES string of the molecule is CCCC(C)C[N+]1(Cc2ccccc2)CCC(C)CC(C)(C)C1. The average Bonchev–Trinajstić information content (AvgIpc) is 2.55. The molecule has 1 aliphatic heterocycles. The number of hydrogen-bond donors (Lipinski definition) is 0. The molecular weight excluding hydrogens is 278 g/mol. The summed E-state index contributed by atoms with van der Waals surface area (Å²) in [5, 5.41) is 0. The lowest BCUT2D eigenvalue weighted by molar-refractivity contribution is -0.948. The molecule has 0 saturated carbocycles. The smallest absolute Gasteiger partial charge is 0.104 e. The van der Waals surface area contributed by atoms with Gasteiger partial charge in [0.1, 0.15) is 6.54 Å². The van der Waals surface area contributed by atoms with E-state index in [1.54, 1.807) is 0 Å². The van der Waals surface area contributed by atoms with E-state index in [0.29, 0.717) is 5.41 Å². The van der Waals surface area contributed by atoms with Gasteiger partial charge in [0.15, 0.2) is 0 Å². The summed E-state index contributed by atoms with van der Waals surface area (Å²) in [6.07, 6.45) is 5.44. The Morgan fingerprint density at radius 1 is 1.22 bits per heavy atom. The van der Waals surface area contributed by atoms with Gasteiger partial charge in [-0.1, -0.05) is 71.4 Å². The molecule has 0 bridgehead atoms. The van der Waals surface area contributed by atoms with Gasteiger partial charge in [-0.2, -0.15) is 0 Å². The number of nitrogens with zero attached hydrogens (tertiary/aromatic N) is 1. The number of benzene rings is 1. The third-order valence-electron chi connectivity index (χ3n) is 5.60. The lowest BCUT2D eigenvalue weighted by Gasteiger charge is -2.43. The van der Waals surface area contributed by atoms with Gasteiger partial charge in [0, 0.05) is 16.9 Å². The highest BCUT2D eigenvalue weighted by atomic mass is 15.4. The Morgan fingerprint density at radius 3 is 2.57 bits per heavy atom. The van der Waals surface area contributed by atoms with E-state index in [1.807, 2.05) is 0 Å². The molecule has 0 N–H and O–H groups in total. The van der Waals surface area contributed by atoms with Crippen molar-refractivity contribution in [1.29, 1.82) is 0 Å². The lowest BCUT2D eigenvalue weighted by Crippen LogP contribution is -2.53. The van der Waals surface area contributed by atoms with Crippen LogP contribution in [0.15, 0.2) is 30.3 Å². The molecule has 0 radical (unpaired) electrons. The molecule has 2 rings (SSSR count). The molecule has 1 nitrogen and oxygen atoms in total. The number of rotatable bonds is 6. The van der Waals surface area contributed by atoms with E-state index in [2.05, 4.69) is 65.0 Å². The number of quaternary nitrogens is 1. The molecule has 0 aliphatic carbocycles. The highest BCUT2D eigenvalue weighted by molar-refractivity contribution is 5.13. The van der Waals surface area contributed by atoms with E-state index in [0.717, 1.165) is 11.8 Å². The van der Waals surface area contributed by atoms with Crippen LogP contribution >= 0.6 is 0 Å². The fourth-order valence-electron chi connectivity index (χ4n) is 5.16. The zero-order valence-corrected chi connectivity index (χ0v) is 16.1. The minimum Gasteiger partial charge on any atom is -0.319 e. The van der Waals surface area contributed by atoms with Crippen molar-refractivity contribution < 1.29 is 4.48 Å². The van der Waals surface area contributed by atoms with Gasteiger partial charge in [-0.3, -0.25) is 0 Å². The van der Waals surface area contributed by atoms with E-state index in [4.69, 9.17) is 0 Å². The van der Waals surface area contributed by atoms with E-state index in [9.17, 15) is 0 Å². The van der Waals surface area contributed by atoms with Crippen molar-refractivity contribution in [2.24, 2.45) is 17.3 Å². The van der Waals surface area contributed by atoms with Crippen molar-refractivity contribution in [2.75, 3.05) is 19.6 Å². The maximum absolute atomic E-state index is 2.50. The maximum atomic E-state index is 2.50. The van der Waals surface area contributed by atoms with Gasteiger partial charge in [0.2, 0.25) is 0 Å². The third-order valence-corrected chi connectivity index (χ3v) is 5.60. The number of likely N-dealkylation sites (tertiary alicyclic amines) is 1. The van der Waals surface area contributed by atoms with Gasteiger partial charge in [-0.15, -0.1) is 0 Å². The monoisotopic (exact) mass is 316 g/mol. The number of hydrogen-bond acceptors (Lipinski definition) is 0. The van der Waals surface area contributed by atoms with Crippen LogP contribution in [0.5, 0.6) is 0 Å². The summed E-state index contributed by atoms with van der Waals surface area (Å²) in [6, 6.07) is 11.2. The Kier molecular flexibility index (Phi) is 6.31. The van der Waals surface area contributed by atoms with Crippen molar-refractivity contribution in [3.63, 3.8) is 0 Å². The first kappa shape index (κ1) is 18.5. The normalized spacial score (nSPS) is 29.0. The summed E-state index contributed by atoms with van der Waals surface area (Å²) in [5.74, 6) is 1.69. The molecule has 0 spiro atoms. The summed E-state index contributed by atoms with van der Waals surface area (Å²) in [4.78, 5) is 0. The van der Waals surface area contributed by atoms with Crippen LogP contribution in [0.1, 0.15) is 65.9 Å². The van der Waals surface area contributed by atoms with Crippen molar-refractivity contribution in [1.82, 2.24) is 0 Å². The van der Waals surface area contributed by atoms with Gasteiger partial charge in [0.05, 0.1) is 19.6 Å². The Bertz CT molecular complexity index is 464. The molecule has 130 valence electrons. The topological polar surface area (TPSA) is 0 Å². The predicted molar refractivity (Wildman–Crippen MR) is 101 cm³/mol. The molecule has 1 heteroatoms. The third kappa shape index (κ3) is 5.64. The maximum Gasteiger partial charge on any atom is 0.104 e. The summed E-state index contributed by atoms with van der Waals surface area (Å²) < 4.78 is 1.29. The van der Waals surface area contributed by atoms with E-state index >= 15 is 0 Å². The molecule has 0 amide bonds. The molecule has 23 heavy (non-hydrogen) atoms. The van der Waals surface area contributed by atoms with E-state index in [1.165, 1.54) is 61.9 Å². The predicted octanol–water partition coefficient (Wildman–Crippen LogP) is 5.90. The van der Waals surface area contributed by atoms with Crippen LogP contribution in [0.25, 0.3) is 0 Å². The van der Waals surface area contributed by atoms with Crippen molar-refractivity contribution >= 4 is 0 Å². The molecule has 1 heterocycles. The molecule has 0 aromatic heterocycles. The van der Waals surface area contributed by atoms with Crippen LogP contribution in [-0.2, 0) is 6.54 Å². The molecule has 1 fully saturated rings. The molecule has 1 aromatic rings. The zero-order valence-electron chi connectivity index (χ0n) is 16.1. The fourth-order valence-corrected chi connectivity index (χ4v) is 5.16. The van der Waals surface area contributed by atoms with Gasteiger partial charge in [-0.25, -0.2) is 0 Å². The standard InChI is InChI=1S/C22H38N/c1-6-10-20(3)16-23(17-21-11-8-7-9-12-21)14-13-19(2)15-22(4,5)18-23/h7-9,11-12,19-20H,6,10,13-18H2,1-5H3/q+1. The second-order valence-corrected chi connectivity index (χ2v) is 9.21. The highest BCUT2D eigenvalue weighted by Crippen LogP contribution is 2.37. The van der Waals surface area contributed by atoms with E-state index < -0.39 is 0 Å². The lowest BCUT2D eigenvalue weighted by atomic mass is 9.83. The van der Waals surface area contributed by atoms with Gasteiger partial charge in [0.25, 0.3) is 0 Å². The molecule has 1 saturated heterocycles. The second kappa shape index (κ2) is 7.83. The summed E-state index contributed by atoms with van der Waals surface area (Å²) >= 11 is 0. The Labute approximate surface area is 144 Å². The Hall–Kier alpha value is -0.820. The van der Waals surface area contributed by atoms with Gasteiger partial charge >= 0.3 is 0 Å². The molecule has 3 unspecified atom stereocenters. The average molecular weight is 317 g/mol. The minimum atomic E-state index is 0.455. The minimum absolute atomic E-state index is 0.455. The molecule has 1 aromatic carbocycles. The quantitative estimate of drug-likeness (QED) is 0.573. The first-order valence-corrected chi connectivity index (χ1v) is 9.73. The Morgan fingerprint density at radius 2 is 1.91 bits per heavy atom. The first-order chi connectivity index (χ1) is 10.8.